The van der Waals surface area contributed by atoms with Crippen LogP contribution in [0.15, 0.2) is 64.2 Å². The molecule has 8 heteroatoms. The van der Waals surface area contributed by atoms with Crippen LogP contribution in [0.3, 0.4) is 0 Å². The SMILES string of the molecule is CCc1cc(SCc2sc(-c3ccc(C(F)(F)F)cc3)nc2Cc2ccsc2)ccc1O. The Morgan fingerprint density at radius 2 is 1.84 bits per heavy atom. The number of benzene rings is 2. The van der Waals surface area contributed by atoms with Crippen molar-refractivity contribution in [3.8, 4) is 16.3 Å². The summed E-state index contributed by atoms with van der Waals surface area (Å²) in [6.07, 6.45) is -2.91. The van der Waals surface area contributed by atoms with Crippen molar-refractivity contribution in [3.05, 3.63) is 86.6 Å². The number of phenols is 1. The highest BCUT2D eigenvalue weighted by atomic mass is 32.2. The van der Waals surface area contributed by atoms with E-state index in [1.807, 2.05) is 24.4 Å². The molecule has 0 unspecified atom stereocenters. The first kappa shape index (κ1) is 22.9. The summed E-state index contributed by atoms with van der Waals surface area (Å²) in [5.41, 5.74) is 3.05. The van der Waals surface area contributed by atoms with Crippen LogP contribution < -0.4 is 0 Å². The molecule has 0 radical (unpaired) electrons. The summed E-state index contributed by atoms with van der Waals surface area (Å²) < 4.78 is 38.7. The summed E-state index contributed by atoms with van der Waals surface area (Å²) in [5, 5.41) is 14.8. The Kier molecular flexibility index (Phi) is 6.93. The number of nitrogens with zero attached hydrogens (tertiary/aromatic N) is 1. The summed E-state index contributed by atoms with van der Waals surface area (Å²) in [5.74, 6) is 1.00. The van der Waals surface area contributed by atoms with Gasteiger partial charge in [0.25, 0.3) is 0 Å². The predicted molar refractivity (Wildman–Crippen MR) is 127 cm³/mol. The summed E-state index contributed by atoms with van der Waals surface area (Å²) in [7, 11) is 0. The molecule has 0 fully saturated rings. The number of aromatic nitrogens is 1. The van der Waals surface area contributed by atoms with E-state index in [0.29, 0.717) is 23.5 Å². The lowest BCUT2D eigenvalue weighted by molar-refractivity contribution is -0.137. The van der Waals surface area contributed by atoms with Gasteiger partial charge in [0.15, 0.2) is 0 Å². The first-order valence-electron chi connectivity index (χ1n) is 9.95. The molecule has 0 atom stereocenters. The van der Waals surface area contributed by atoms with Crippen molar-refractivity contribution in [2.24, 2.45) is 0 Å². The second-order valence-corrected chi connectivity index (χ2v) is 10.1. The van der Waals surface area contributed by atoms with E-state index < -0.39 is 11.7 Å². The molecule has 0 spiro atoms. The molecule has 0 aliphatic heterocycles. The van der Waals surface area contributed by atoms with Crippen molar-refractivity contribution in [1.82, 2.24) is 4.98 Å². The molecule has 1 N–H and O–H groups in total. The highest BCUT2D eigenvalue weighted by Gasteiger charge is 2.30. The fourth-order valence-corrected chi connectivity index (χ4v) is 6.04. The van der Waals surface area contributed by atoms with E-state index in [-0.39, 0.29) is 0 Å². The second-order valence-electron chi connectivity index (χ2n) is 7.21. The van der Waals surface area contributed by atoms with Gasteiger partial charge in [0.2, 0.25) is 0 Å². The van der Waals surface area contributed by atoms with Crippen LogP contribution >= 0.6 is 34.4 Å². The smallest absolute Gasteiger partial charge is 0.416 e. The van der Waals surface area contributed by atoms with E-state index >= 15 is 0 Å². The zero-order valence-corrected chi connectivity index (χ0v) is 19.6. The zero-order valence-electron chi connectivity index (χ0n) is 17.1. The Morgan fingerprint density at radius 1 is 1.06 bits per heavy atom. The number of aromatic hydroxyl groups is 1. The topological polar surface area (TPSA) is 33.1 Å². The summed E-state index contributed by atoms with van der Waals surface area (Å²) >= 11 is 4.81. The number of thiazole rings is 1. The van der Waals surface area contributed by atoms with Gasteiger partial charge in [-0.3, -0.25) is 0 Å². The molecule has 2 aromatic carbocycles. The number of aryl methyl sites for hydroxylation is 1. The molecule has 32 heavy (non-hydrogen) atoms. The van der Waals surface area contributed by atoms with Crippen LogP contribution in [0, 0.1) is 0 Å². The monoisotopic (exact) mass is 491 g/mol. The molecule has 2 heterocycles. The van der Waals surface area contributed by atoms with Gasteiger partial charge in [-0.05, 0) is 64.7 Å². The molecule has 4 aromatic rings. The van der Waals surface area contributed by atoms with E-state index in [0.717, 1.165) is 44.6 Å². The van der Waals surface area contributed by atoms with Crippen molar-refractivity contribution in [2.45, 2.75) is 36.6 Å². The largest absolute Gasteiger partial charge is 0.508 e. The minimum Gasteiger partial charge on any atom is -0.508 e. The molecule has 0 saturated heterocycles. The van der Waals surface area contributed by atoms with Gasteiger partial charge in [-0.1, -0.05) is 19.1 Å². The maximum atomic E-state index is 12.9. The van der Waals surface area contributed by atoms with Crippen LogP contribution in [0.1, 0.15) is 34.2 Å². The fraction of sp³-hybridized carbons (Fsp3) is 0.208. The Hall–Kier alpha value is -2.29. The second kappa shape index (κ2) is 9.68. The van der Waals surface area contributed by atoms with Gasteiger partial charge in [0.1, 0.15) is 10.8 Å². The predicted octanol–water partition coefficient (Wildman–Crippen LogP) is 8.04. The summed E-state index contributed by atoms with van der Waals surface area (Å²) in [4.78, 5) is 6.96. The van der Waals surface area contributed by atoms with E-state index in [1.165, 1.54) is 29.0 Å². The van der Waals surface area contributed by atoms with Crippen molar-refractivity contribution in [2.75, 3.05) is 0 Å². The summed E-state index contributed by atoms with van der Waals surface area (Å²) in [6, 6.07) is 12.9. The molecular weight excluding hydrogens is 471 g/mol. The third kappa shape index (κ3) is 5.36. The van der Waals surface area contributed by atoms with E-state index in [1.54, 1.807) is 29.2 Å². The number of phenolic OH excluding ortho intramolecular Hbond substituents is 1. The molecular formula is C24H20F3NOS3. The minimum atomic E-state index is -4.35. The van der Waals surface area contributed by atoms with Gasteiger partial charge >= 0.3 is 6.18 Å². The quantitative estimate of drug-likeness (QED) is 0.266. The Bertz CT molecular complexity index is 1180. The van der Waals surface area contributed by atoms with Crippen LogP contribution in [-0.2, 0) is 24.8 Å². The third-order valence-corrected chi connectivity index (χ3v) is 8.07. The van der Waals surface area contributed by atoms with Crippen molar-refractivity contribution in [1.29, 1.82) is 0 Å². The van der Waals surface area contributed by atoms with Crippen LogP contribution in [0.5, 0.6) is 5.75 Å². The van der Waals surface area contributed by atoms with Crippen LogP contribution in [-0.4, -0.2) is 10.1 Å². The lowest BCUT2D eigenvalue weighted by Gasteiger charge is -2.06. The van der Waals surface area contributed by atoms with Crippen molar-refractivity contribution < 1.29 is 18.3 Å². The zero-order chi connectivity index (χ0) is 22.7. The molecule has 0 aliphatic carbocycles. The van der Waals surface area contributed by atoms with Gasteiger partial charge in [-0.25, -0.2) is 4.98 Å². The molecule has 0 aliphatic rings. The number of hydrogen-bond acceptors (Lipinski definition) is 5. The lowest BCUT2D eigenvalue weighted by atomic mass is 10.1. The molecule has 166 valence electrons. The molecule has 2 nitrogen and oxygen atoms in total. The van der Waals surface area contributed by atoms with E-state index in [2.05, 4.69) is 11.4 Å². The number of thiophene rings is 1. The average molecular weight is 492 g/mol. The van der Waals surface area contributed by atoms with Gasteiger partial charge < -0.3 is 5.11 Å². The Balaban J connectivity index is 1.61. The number of hydrogen-bond donors (Lipinski definition) is 1. The van der Waals surface area contributed by atoms with Crippen LogP contribution in [0.2, 0.25) is 0 Å². The van der Waals surface area contributed by atoms with Gasteiger partial charge in [0.05, 0.1) is 11.3 Å². The highest BCUT2D eigenvalue weighted by molar-refractivity contribution is 7.98. The third-order valence-electron chi connectivity index (χ3n) is 4.99. The first-order chi connectivity index (χ1) is 15.3. The maximum Gasteiger partial charge on any atom is 0.416 e. The minimum absolute atomic E-state index is 0.303. The maximum absolute atomic E-state index is 12.9. The van der Waals surface area contributed by atoms with Gasteiger partial charge in [-0.15, -0.1) is 23.1 Å². The van der Waals surface area contributed by atoms with Gasteiger partial charge in [0, 0.05) is 27.5 Å². The number of rotatable bonds is 7. The molecule has 0 amide bonds. The Morgan fingerprint density at radius 3 is 2.50 bits per heavy atom. The average Bonchev–Trinajstić information content (AvgIpc) is 3.43. The molecule has 4 rings (SSSR count). The molecule has 0 saturated carbocycles. The standard InChI is InChI=1S/C24H20F3NOS3/c1-2-16-12-19(7-8-21(16)29)31-14-22-20(11-15-9-10-30-13-15)28-23(32-22)17-3-5-18(6-4-17)24(25,26)27/h3-10,12-13,29H,2,11,14H2,1H3. The van der Waals surface area contributed by atoms with E-state index in [4.69, 9.17) is 4.98 Å². The highest BCUT2D eigenvalue weighted by Crippen LogP contribution is 2.36. The van der Waals surface area contributed by atoms with Crippen molar-refractivity contribution in [3.63, 3.8) is 0 Å². The molecule has 2 aromatic heterocycles. The van der Waals surface area contributed by atoms with Crippen LogP contribution in [0.4, 0.5) is 13.2 Å². The number of alkyl halides is 3. The number of halogens is 3. The van der Waals surface area contributed by atoms with Crippen LogP contribution in [0.25, 0.3) is 10.6 Å². The normalized spacial score (nSPS) is 11.8. The fourth-order valence-electron chi connectivity index (χ4n) is 3.23. The van der Waals surface area contributed by atoms with E-state index in [9.17, 15) is 18.3 Å². The van der Waals surface area contributed by atoms with Gasteiger partial charge in [-0.2, -0.15) is 24.5 Å². The molecule has 0 bridgehead atoms. The Labute approximate surface area is 196 Å². The lowest BCUT2D eigenvalue weighted by Crippen LogP contribution is -2.03. The van der Waals surface area contributed by atoms with Crippen molar-refractivity contribution >= 4 is 34.4 Å². The number of thioether (sulfide) groups is 1. The first-order valence-corrected chi connectivity index (χ1v) is 12.7. The summed E-state index contributed by atoms with van der Waals surface area (Å²) in [6.45, 7) is 2.00.